The Bertz CT molecular complexity index is 608. The standard InChI is InChI=1S/C19H21NO/c1-14-18(21)13-17(15-9-5-3-6-10-15)20(2)19(14)16-11-7-4-8-12-16/h3-12,14,17,19H,13H2,1-2H3/p+1/t14-,17+,19+/m1/s1. The molecule has 0 aromatic heterocycles. The highest BCUT2D eigenvalue weighted by Gasteiger charge is 2.42. The van der Waals surface area contributed by atoms with E-state index in [4.69, 9.17) is 0 Å². The molecule has 0 aliphatic carbocycles. The smallest absolute Gasteiger partial charge is 0.148 e. The lowest BCUT2D eigenvalue weighted by molar-refractivity contribution is -0.949. The van der Waals surface area contributed by atoms with Gasteiger partial charge in [0, 0.05) is 11.1 Å². The molecule has 1 unspecified atom stereocenters. The van der Waals surface area contributed by atoms with Gasteiger partial charge in [0.05, 0.1) is 19.4 Å². The van der Waals surface area contributed by atoms with Crippen LogP contribution in [0.4, 0.5) is 0 Å². The minimum absolute atomic E-state index is 0.0763. The minimum atomic E-state index is 0.0763. The van der Waals surface area contributed by atoms with Gasteiger partial charge in [0.1, 0.15) is 17.9 Å². The fourth-order valence-corrected chi connectivity index (χ4v) is 3.62. The van der Waals surface area contributed by atoms with E-state index in [9.17, 15) is 4.79 Å². The summed E-state index contributed by atoms with van der Waals surface area (Å²) < 4.78 is 0. The molecule has 1 fully saturated rings. The van der Waals surface area contributed by atoms with E-state index in [1.54, 1.807) is 0 Å². The fourth-order valence-electron chi connectivity index (χ4n) is 3.62. The summed E-state index contributed by atoms with van der Waals surface area (Å²) in [5.41, 5.74) is 2.52. The molecule has 0 amide bonds. The first-order chi connectivity index (χ1) is 10.2. The summed E-state index contributed by atoms with van der Waals surface area (Å²) in [6.07, 6.45) is 0.639. The molecular weight excluding hydrogens is 258 g/mol. The number of hydrogen-bond acceptors (Lipinski definition) is 1. The number of Topliss-reactive ketones (excluding diaryl/α,β-unsaturated/α-hetero) is 1. The van der Waals surface area contributed by atoms with Crippen LogP contribution in [0.15, 0.2) is 60.7 Å². The summed E-state index contributed by atoms with van der Waals surface area (Å²) in [6.45, 7) is 2.07. The lowest BCUT2D eigenvalue weighted by atomic mass is 9.80. The third kappa shape index (κ3) is 2.64. The topological polar surface area (TPSA) is 21.5 Å². The SMILES string of the molecule is C[C@@H]1C(=O)C[C@@H](c2ccccc2)[NH+](C)[C@@H]1c1ccccc1. The Morgan fingerprint density at radius 1 is 0.905 bits per heavy atom. The molecule has 21 heavy (non-hydrogen) atoms. The van der Waals surface area contributed by atoms with Crippen molar-refractivity contribution in [1.29, 1.82) is 0 Å². The molecule has 0 saturated carbocycles. The second kappa shape index (κ2) is 5.82. The number of likely N-dealkylation sites (tertiary alicyclic amines) is 1. The average molecular weight is 280 g/mol. The Labute approximate surface area is 126 Å². The molecule has 108 valence electrons. The lowest BCUT2D eigenvalue weighted by Crippen LogP contribution is -3.11. The largest absolute Gasteiger partial charge is 0.324 e. The molecule has 1 aliphatic rings. The highest BCUT2D eigenvalue weighted by atomic mass is 16.1. The lowest BCUT2D eigenvalue weighted by Gasteiger charge is -2.39. The Hall–Kier alpha value is -1.93. The van der Waals surface area contributed by atoms with E-state index in [1.807, 2.05) is 12.1 Å². The summed E-state index contributed by atoms with van der Waals surface area (Å²) in [5, 5.41) is 0. The maximum Gasteiger partial charge on any atom is 0.148 e. The van der Waals surface area contributed by atoms with Gasteiger partial charge in [-0.2, -0.15) is 0 Å². The number of quaternary nitrogens is 1. The predicted molar refractivity (Wildman–Crippen MR) is 84.0 cm³/mol. The zero-order valence-electron chi connectivity index (χ0n) is 12.6. The number of ketones is 1. The third-order valence-corrected chi connectivity index (χ3v) is 4.81. The molecule has 0 radical (unpaired) electrons. The molecule has 1 saturated heterocycles. The summed E-state index contributed by atoms with van der Waals surface area (Å²) in [6, 6.07) is 21.3. The van der Waals surface area contributed by atoms with Crippen molar-refractivity contribution in [1.82, 2.24) is 0 Å². The van der Waals surface area contributed by atoms with E-state index >= 15 is 0 Å². The quantitative estimate of drug-likeness (QED) is 0.897. The first kappa shape index (κ1) is 14.0. The van der Waals surface area contributed by atoms with Crippen LogP contribution in [0, 0.1) is 5.92 Å². The van der Waals surface area contributed by atoms with Crippen LogP contribution < -0.4 is 4.90 Å². The normalized spacial score (nSPS) is 29.3. The first-order valence-electron chi connectivity index (χ1n) is 7.64. The van der Waals surface area contributed by atoms with Gasteiger partial charge in [-0.25, -0.2) is 0 Å². The van der Waals surface area contributed by atoms with Gasteiger partial charge in [-0.15, -0.1) is 0 Å². The van der Waals surface area contributed by atoms with Crippen molar-refractivity contribution in [2.24, 2.45) is 5.92 Å². The molecule has 4 atom stereocenters. The Balaban J connectivity index is 1.98. The summed E-state index contributed by atoms with van der Waals surface area (Å²) >= 11 is 0. The van der Waals surface area contributed by atoms with Gasteiger partial charge in [0.15, 0.2) is 0 Å². The van der Waals surface area contributed by atoms with Crippen LogP contribution in [0.5, 0.6) is 0 Å². The molecule has 3 rings (SSSR count). The van der Waals surface area contributed by atoms with Gasteiger partial charge >= 0.3 is 0 Å². The molecule has 2 aromatic rings. The maximum atomic E-state index is 12.5. The molecule has 2 heteroatoms. The van der Waals surface area contributed by atoms with Crippen LogP contribution in [0.25, 0.3) is 0 Å². The summed E-state index contributed by atoms with van der Waals surface area (Å²) in [5.74, 6) is 0.454. The van der Waals surface area contributed by atoms with Gasteiger partial charge in [-0.3, -0.25) is 4.79 Å². The summed E-state index contributed by atoms with van der Waals surface area (Å²) in [4.78, 5) is 13.9. The maximum absolute atomic E-state index is 12.5. The molecule has 1 N–H and O–H groups in total. The Morgan fingerprint density at radius 2 is 1.43 bits per heavy atom. The number of rotatable bonds is 2. The second-order valence-corrected chi connectivity index (χ2v) is 6.05. The van der Waals surface area contributed by atoms with Gasteiger partial charge in [0.2, 0.25) is 0 Å². The number of carbonyl (C=O) groups excluding carboxylic acids is 1. The molecule has 0 bridgehead atoms. The van der Waals surface area contributed by atoms with Crippen LogP contribution in [0.3, 0.4) is 0 Å². The molecule has 0 spiro atoms. The Morgan fingerprint density at radius 3 is 2.00 bits per heavy atom. The van der Waals surface area contributed by atoms with Crippen LogP contribution in [-0.4, -0.2) is 12.8 Å². The van der Waals surface area contributed by atoms with Crippen molar-refractivity contribution in [3.8, 4) is 0 Å². The predicted octanol–water partition coefficient (Wildman–Crippen LogP) is 2.59. The van der Waals surface area contributed by atoms with Crippen molar-refractivity contribution in [2.45, 2.75) is 25.4 Å². The Kier molecular flexibility index (Phi) is 3.89. The van der Waals surface area contributed by atoms with Crippen molar-refractivity contribution < 1.29 is 9.69 Å². The molecule has 2 nitrogen and oxygen atoms in total. The van der Waals surface area contributed by atoms with E-state index < -0.39 is 0 Å². The monoisotopic (exact) mass is 280 g/mol. The van der Waals surface area contributed by atoms with Crippen molar-refractivity contribution >= 4 is 5.78 Å². The van der Waals surface area contributed by atoms with E-state index in [1.165, 1.54) is 16.0 Å². The van der Waals surface area contributed by atoms with Gasteiger partial charge in [0.25, 0.3) is 0 Å². The fraction of sp³-hybridized carbons (Fsp3) is 0.316. The van der Waals surface area contributed by atoms with Crippen LogP contribution in [-0.2, 0) is 4.79 Å². The zero-order chi connectivity index (χ0) is 14.8. The molecule has 1 heterocycles. The average Bonchev–Trinajstić information content (AvgIpc) is 2.53. The third-order valence-electron chi connectivity index (χ3n) is 4.81. The van der Waals surface area contributed by atoms with Crippen molar-refractivity contribution in [2.75, 3.05) is 7.05 Å². The number of carbonyl (C=O) groups is 1. The van der Waals surface area contributed by atoms with Gasteiger partial charge < -0.3 is 4.90 Å². The molecular formula is C19H22NO+. The van der Waals surface area contributed by atoms with E-state index in [0.29, 0.717) is 12.2 Å². The molecule has 1 aliphatic heterocycles. The van der Waals surface area contributed by atoms with Crippen molar-refractivity contribution in [3.63, 3.8) is 0 Å². The first-order valence-corrected chi connectivity index (χ1v) is 7.64. The van der Waals surface area contributed by atoms with Crippen molar-refractivity contribution in [3.05, 3.63) is 71.8 Å². The number of piperidine rings is 1. The van der Waals surface area contributed by atoms with Crippen LogP contribution >= 0.6 is 0 Å². The number of hydrogen-bond donors (Lipinski definition) is 1. The van der Waals surface area contributed by atoms with Crippen LogP contribution in [0.2, 0.25) is 0 Å². The van der Waals surface area contributed by atoms with Crippen LogP contribution in [0.1, 0.15) is 36.6 Å². The highest BCUT2D eigenvalue weighted by Crippen LogP contribution is 2.29. The van der Waals surface area contributed by atoms with Gasteiger partial charge in [-0.1, -0.05) is 60.7 Å². The summed E-state index contributed by atoms with van der Waals surface area (Å²) in [7, 11) is 2.22. The van der Waals surface area contributed by atoms with E-state index in [2.05, 4.69) is 62.5 Å². The molecule has 2 aromatic carbocycles. The number of nitrogens with one attached hydrogen (secondary N) is 1. The second-order valence-electron chi connectivity index (χ2n) is 6.05. The minimum Gasteiger partial charge on any atom is -0.324 e. The number of benzene rings is 2. The van der Waals surface area contributed by atoms with Gasteiger partial charge in [-0.05, 0) is 6.92 Å². The highest BCUT2D eigenvalue weighted by molar-refractivity contribution is 5.82. The van der Waals surface area contributed by atoms with E-state index in [0.717, 1.165) is 0 Å². The zero-order valence-corrected chi connectivity index (χ0v) is 12.6. The van der Waals surface area contributed by atoms with E-state index in [-0.39, 0.29) is 18.0 Å².